The van der Waals surface area contributed by atoms with Crippen molar-refractivity contribution in [2.75, 3.05) is 6.61 Å². The summed E-state index contributed by atoms with van der Waals surface area (Å²) in [6, 6.07) is 0. The van der Waals surface area contributed by atoms with E-state index in [4.69, 9.17) is 4.74 Å². The van der Waals surface area contributed by atoms with Crippen LogP contribution in [0.25, 0.3) is 0 Å². The van der Waals surface area contributed by atoms with E-state index in [1.807, 2.05) is 0 Å². The monoisotopic (exact) mass is 294 g/mol. The standard InChI is InChI=1S/C20H38O/c1-3-5-7-9-11-13-15-17-19-21-20-18-16-14-12-10-8-6-4-2/h3-17,19H2,1-2H3. The molecule has 0 saturated carbocycles. The Morgan fingerprint density at radius 3 is 1.62 bits per heavy atom. The lowest BCUT2D eigenvalue weighted by Gasteiger charge is -2.00. The zero-order valence-electron chi connectivity index (χ0n) is 14.7. The van der Waals surface area contributed by atoms with Crippen LogP contribution in [0.15, 0.2) is 0 Å². The topological polar surface area (TPSA) is 9.23 Å². The summed E-state index contributed by atoms with van der Waals surface area (Å²) in [5.41, 5.74) is 0. The van der Waals surface area contributed by atoms with Crippen molar-refractivity contribution in [1.29, 1.82) is 0 Å². The molecule has 0 aliphatic rings. The maximum Gasteiger partial charge on any atom is 0.110 e. The highest BCUT2D eigenvalue weighted by atomic mass is 16.5. The van der Waals surface area contributed by atoms with E-state index in [1.54, 1.807) is 0 Å². The third kappa shape index (κ3) is 19.4. The minimum absolute atomic E-state index is 0.818. The smallest absolute Gasteiger partial charge is 0.110 e. The van der Waals surface area contributed by atoms with Crippen molar-refractivity contribution >= 4 is 0 Å². The van der Waals surface area contributed by atoms with Gasteiger partial charge in [-0.05, 0) is 12.8 Å². The van der Waals surface area contributed by atoms with E-state index >= 15 is 0 Å². The molecule has 0 N–H and O–H groups in total. The Balaban J connectivity index is 3.06. The summed E-state index contributed by atoms with van der Waals surface area (Å²) in [6.45, 7) is 5.35. The summed E-state index contributed by atoms with van der Waals surface area (Å²) in [7, 11) is 0. The zero-order chi connectivity index (χ0) is 15.4. The first kappa shape index (κ1) is 20.4. The van der Waals surface area contributed by atoms with Gasteiger partial charge in [-0.2, -0.15) is 0 Å². The Hall–Kier alpha value is -0.640. The Labute approximate surface area is 134 Å². The second kappa shape index (κ2) is 19.4. The summed E-state index contributed by atoms with van der Waals surface area (Å²) in [6.07, 6.45) is 22.7. The first-order chi connectivity index (χ1) is 10.4. The molecule has 0 aromatic heterocycles. The zero-order valence-corrected chi connectivity index (χ0v) is 14.7. The SMILES string of the molecule is CCCCCCCCC#COCCCCCCCCCC. The highest BCUT2D eigenvalue weighted by molar-refractivity contribution is 4.90. The molecule has 0 aromatic carbocycles. The Bertz CT molecular complexity index is 236. The third-order valence-corrected chi connectivity index (χ3v) is 3.90. The van der Waals surface area contributed by atoms with E-state index < -0.39 is 0 Å². The molecule has 0 spiro atoms. The molecule has 124 valence electrons. The van der Waals surface area contributed by atoms with Gasteiger partial charge >= 0.3 is 0 Å². The van der Waals surface area contributed by atoms with Crippen LogP contribution in [0.4, 0.5) is 0 Å². The van der Waals surface area contributed by atoms with Crippen LogP contribution in [0.5, 0.6) is 0 Å². The number of hydrogen-bond donors (Lipinski definition) is 0. The van der Waals surface area contributed by atoms with Gasteiger partial charge in [0.2, 0.25) is 0 Å². The average Bonchev–Trinajstić information content (AvgIpc) is 2.50. The van der Waals surface area contributed by atoms with Crippen molar-refractivity contribution in [2.24, 2.45) is 0 Å². The summed E-state index contributed by atoms with van der Waals surface area (Å²) in [5, 5.41) is 0. The maximum atomic E-state index is 5.36. The fourth-order valence-electron chi connectivity index (χ4n) is 2.45. The highest BCUT2D eigenvalue weighted by Gasteiger charge is 1.91. The van der Waals surface area contributed by atoms with Crippen molar-refractivity contribution < 1.29 is 4.74 Å². The van der Waals surface area contributed by atoms with Crippen molar-refractivity contribution in [1.82, 2.24) is 0 Å². The molecule has 0 aliphatic heterocycles. The van der Waals surface area contributed by atoms with Crippen LogP contribution < -0.4 is 0 Å². The van der Waals surface area contributed by atoms with Gasteiger partial charge in [-0.15, -0.1) is 0 Å². The third-order valence-electron chi connectivity index (χ3n) is 3.90. The maximum absolute atomic E-state index is 5.36. The lowest BCUT2D eigenvalue weighted by molar-refractivity contribution is 0.266. The molecule has 0 radical (unpaired) electrons. The first-order valence-electron chi connectivity index (χ1n) is 9.51. The van der Waals surface area contributed by atoms with E-state index in [2.05, 4.69) is 25.9 Å². The van der Waals surface area contributed by atoms with Crippen LogP contribution in [-0.2, 0) is 4.74 Å². The molecule has 0 aromatic rings. The Morgan fingerprint density at radius 1 is 0.571 bits per heavy atom. The highest BCUT2D eigenvalue weighted by Crippen LogP contribution is 2.08. The summed E-state index contributed by atoms with van der Waals surface area (Å²) >= 11 is 0. The summed E-state index contributed by atoms with van der Waals surface area (Å²) in [4.78, 5) is 0. The van der Waals surface area contributed by atoms with Gasteiger partial charge < -0.3 is 4.74 Å². The lowest BCUT2D eigenvalue weighted by Crippen LogP contribution is -1.88. The molecule has 0 heterocycles. The Morgan fingerprint density at radius 2 is 1.05 bits per heavy atom. The van der Waals surface area contributed by atoms with Gasteiger partial charge in [0, 0.05) is 6.42 Å². The molecule has 0 amide bonds. The molecule has 0 fully saturated rings. The van der Waals surface area contributed by atoms with Crippen LogP contribution >= 0.6 is 0 Å². The van der Waals surface area contributed by atoms with Gasteiger partial charge in [-0.25, -0.2) is 0 Å². The van der Waals surface area contributed by atoms with Crippen LogP contribution in [0.3, 0.4) is 0 Å². The molecule has 0 aliphatic carbocycles. The van der Waals surface area contributed by atoms with Crippen LogP contribution in [0.1, 0.15) is 110 Å². The van der Waals surface area contributed by atoms with Crippen LogP contribution in [0, 0.1) is 12.0 Å². The van der Waals surface area contributed by atoms with Gasteiger partial charge in [0.15, 0.2) is 0 Å². The van der Waals surface area contributed by atoms with Crippen molar-refractivity contribution in [3.63, 3.8) is 0 Å². The van der Waals surface area contributed by atoms with Gasteiger partial charge in [-0.3, -0.25) is 0 Å². The normalized spacial score (nSPS) is 10.2. The van der Waals surface area contributed by atoms with Crippen molar-refractivity contribution in [3.05, 3.63) is 0 Å². The number of unbranched alkanes of at least 4 members (excludes halogenated alkanes) is 13. The van der Waals surface area contributed by atoms with Gasteiger partial charge in [0.1, 0.15) is 12.7 Å². The van der Waals surface area contributed by atoms with E-state index in [9.17, 15) is 0 Å². The predicted octanol–water partition coefficient (Wildman–Crippen LogP) is 6.86. The molecule has 0 rings (SSSR count). The van der Waals surface area contributed by atoms with Crippen molar-refractivity contribution in [2.45, 2.75) is 110 Å². The molecule has 0 saturated heterocycles. The minimum Gasteiger partial charge on any atom is -0.447 e. The van der Waals surface area contributed by atoms with Crippen LogP contribution in [0.2, 0.25) is 0 Å². The number of ether oxygens (including phenoxy) is 1. The molecule has 1 heteroatoms. The number of hydrogen-bond acceptors (Lipinski definition) is 1. The fraction of sp³-hybridized carbons (Fsp3) is 0.900. The quantitative estimate of drug-likeness (QED) is 0.237. The lowest BCUT2D eigenvalue weighted by atomic mass is 10.1. The Kier molecular flexibility index (Phi) is 18.8. The average molecular weight is 295 g/mol. The molecule has 0 unspecified atom stereocenters. The molecule has 21 heavy (non-hydrogen) atoms. The largest absolute Gasteiger partial charge is 0.447 e. The second-order valence-corrected chi connectivity index (χ2v) is 6.12. The first-order valence-corrected chi connectivity index (χ1v) is 9.51. The van der Waals surface area contributed by atoms with Gasteiger partial charge in [-0.1, -0.05) is 96.8 Å². The number of rotatable bonds is 15. The second-order valence-electron chi connectivity index (χ2n) is 6.12. The van der Waals surface area contributed by atoms with E-state index in [0.717, 1.165) is 13.0 Å². The van der Waals surface area contributed by atoms with E-state index in [1.165, 1.54) is 89.9 Å². The predicted molar refractivity (Wildman–Crippen MR) is 94.3 cm³/mol. The van der Waals surface area contributed by atoms with Crippen molar-refractivity contribution in [3.8, 4) is 12.0 Å². The molecule has 0 bridgehead atoms. The van der Waals surface area contributed by atoms with Crippen LogP contribution in [-0.4, -0.2) is 6.61 Å². The molecular weight excluding hydrogens is 256 g/mol. The van der Waals surface area contributed by atoms with Gasteiger partial charge in [0.25, 0.3) is 0 Å². The summed E-state index contributed by atoms with van der Waals surface area (Å²) in [5.74, 6) is 3.13. The fourth-order valence-corrected chi connectivity index (χ4v) is 2.45. The minimum atomic E-state index is 0.818. The van der Waals surface area contributed by atoms with Gasteiger partial charge in [0.05, 0.1) is 0 Å². The molecule has 0 atom stereocenters. The van der Waals surface area contributed by atoms with E-state index in [-0.39, 0.29) is 0 Å². The van der Waals surface area contributed by atoms with E-state index in [0.29, 0.717) is 0 Å². The molecule has 1 nitrogen and oxygen atoms in total. The molecular formula is C20H38O. The summed E-state index contributed by atoms with van der Waals surface area (Å²) < 4.78 is 5.36.